The van der Waals surface area contributed by atoms with Gasteiger partial charge in [-0.05, 0) is 12.5 Å². The fourth-order valence-corrected chi connectivity index (χ4v) is 0.268. The highest BCUT2D eigenvalue weighted by Gasteiger charge is 1.63. The van der Waals surface area contributed by atoms with Crippen LogP contribution in [0.25, 0.3) is 0 Å². The number of hydrogen-bond donors (Lipinski definition) is 0. The van der Waals surface area contributed by atoms with Crippen LogP contribution in [0.2, 0.25) is 0 Å². The molecule has 2 heteroatoms. The third kappa shape index (κ3) is 5.08. The Hall–Kier alpha value is -0.920. The van der Waals surface area contributed by atoms with E-state index in [1.54, 1.807) is 12.2 Å². The van der Waals surface area contributed by atoms with Crippen molar-refractivity contribution in [1.82, 2.24) is 0 Å². The highest BCUT2D eigenvalue weighted by molar-refractivity contribution is 5.70. The summed E-state index contributed by atoms with van der Waals surface area (Å²) < 4.78 is 10.9. The molecule has 0 radical (unpaired) electrons. The molecule has 0 saturated heterocycles. The minimum absolute atomic E-state index is 0.756. The molecule has 0 aromatic rings. The maximum atomic E-state index is 10.9. The quantitative estimate of drug-likeness (QED) is 0.392. The maximum Gasteiger partial charge on any atom is 0.0596 e. The summed E-state index contributed by atoms with van der Waals surface area (Å²) in [7, 11) is 0. The van der Waals surface area contributed by atoms with Crippen molar-refractivity contribution in [2.75, 3.05) is 0 Å². The molecule has 0 aliphatic rings. The summed E-state index contributed by atoms with van der Waals surface area (Å²) >= 11 is 0. The fraction of sp³-hybridized carbons (Fsp3) is 0.167. The minimum Gasteiger partial charge on any atom is -0.103 e. The number of halogens is 1. The van der Waals surface area contributed by atoms with Crippen molar-refractivity contribution in [2.45, 2.75) is 6.42 Å². The monoisotopic (exact) mass is 113 g/mol. The van der Waals surface area contributed by atoms with E-state index in [9.17, 15) is 4.48 Å². The molecule has 0 bridgehead atoms. The van der Waals surface area contributed by atoms with Crippen LogP contribution >= 0.6 is 0 Å². The highest BCUT2D eigenvalue weighted by atomic mass is 19.2. The van der Waals surface area contributed by atoms with Gasteiger partial charge in [0.25, 0.3) is 0 Å². The smallest absolute Gasteiger partial charge is 0.0596 e. The topological polar surface area (TPSA) is 12.4 Å². The fourth-order valence-electron chi connectivity index (χ4n) is 0.268. The van der Waals surface area contributed by atoms with Gasteiger partial charge in [0.05, 0.1) is 6.21 Å². The molecular formula is C6H8FN. The molecule has 0 aliphatic carbocycles. The zero-order valence-corrected chi connectivity index (χ0v) is 4.55. The first-order valence-corrected chi connectivity index (χ1v) is 2.32. The summed E-state index contributed by atoms with van der Waals surface area (Å²) in [6.07, 6.45) is 6.86. The van der Waals surface area contributed by atoms with Crippen LogP contribution in [0.15, 0.2) is 30.0 Å². The molecule has 1 nitrogen and oxygen atoms in total. The van der Waals surface area contributed by atoms with Crippen LogP contribution in [0.3, 0.4) is 0 Å². The Kier molecular flexibility index (Phi) is 5.38. The Bertz CT molecular complexity index is 105. The molecule has 0 amide bonds. The lowest BCUT2D eigenvalue weighted by Crippen LogP contribution is -1.58. The van der Waals surface area contributed by atoms with Gasteiger partial charge in [0.2, 0.25) is 0 Å². The largest absolute Gasteiger partial charge is 0.103 e. The number of allylic oxidation sites excluding steroid dienone is 3. The molecule has 0 unspecified atom stereocenters. The van der Waals surface area contributed by atoms with Crippen LogP contribution in [0.4, 0.5) is 4.48 Å². The second-order valence-corrected chi connectivity index (χ2v) is 1.20. The third-order valence-corrected chi connectivity index (χ3v) is 0.581. The summed E-state index contributed by atoms with van der Waals surface area (Å²) in [4.78, 5) is 0. The van der Waals surface area contributed by atoms with Gasteiger partial charge in [0, 0.05) is 0 Å². The third-order valence-electron chi connectivity index (χ3n) is 0.581. The molecule has 0 rings (SSSR count). The Morgan fingerprint density at radius 2 is 2.38 bits per heavy atom. The van der Waals surface area contributed by atoms with E-state index < -0.39 is 0 Å². The molecule has 0 aromatic carbocycles. The van der Waals surface area contributed by atoms with Gasteiger partial charge in [-0.25, -0.2) is 0 Å². The highest BCUT2D eigenvalue weighted by Crippen LogP contribution is 1.79. The average Bonchev–Trinajstić information content (AvgIpc) is 1.81. The molecule has 0 atom stereocenters. The van der Waals surface area contributed by atoms with Gasteiger partial charge >= 0.3 is 0 Å². The molecular weight excluding hydrogens is 105 g/mol. The lowest BCUT2D eigenvalue weighted by molar-refractivity contribution is 0.541. The van der Waals surface area contributed by atoms with E-state index in [0.717, 1.165) is 12.6 Å². The maximum absolute atomic E-state index is 10.9. The van der Waals surface area contributed by atoms with Crippen molar-refractivity contribution in [2.24, 2.45) is 5.21 Å². The van der Waals surface area contributed by atoms with E-state index in [4.69, 9.17) is 0 Å². The summed E-state index contributed by atoms with van der Waals surface area (Å²) in [6.45, 7) is 3.47. The van der Waals surface area contributed by atoms with E-state index >= 15 is 0 Å². The van der Waals surface area contributed by atoms with Crippen LogP contribution in [0.5, 0.6) is 0 Å². The SMILES string of the molecule is C=CC/C=C\C=NF. The normalized spacial score (nSPS) is 11.1. The van der Waals surface area contributed by atoms with E-state index in [-0.39, 0.29) is 0 Å². The van der Waals surface area contributed by atoms with Gasteiger partial charge < -0.3 is 0 Å². The minimum atomic E-state index is 0.756. The lowest BCUT2D eigenvalue weighted by atomic mass is 10.4. The molecule has 0 fully saturated rings. The first-order chi connectivity index (χ1) is 3.91. The zero-order valence-electron chi connectivity index (χ0n) is 4.55. The van der Waals surface area contributed by atoms with E-state index in [0.29, 0.717) is 0 Å². The van der Waals surface area contributed by atoms with Crippen LogP contribution in [-0.4, -0.2) is 6.21 Å². The van der Waals surface area contributed by atoms with Gasteiger partial charge in [-0.2, -0.15) is 0 Å². The van der Waals surface area contributed by atoms with Gasteiger partial charge in [-0.3, -0.25) is 0 Å². The van der Waals surface area contributed by atoms with E-state index in [2.05, 4.69) is 11.8 Å². The predicted molar refractivity (Wildman–Crippen MR) is 33.6 cm³/mol. The van der Waals surface area contributed by atoms with Gasteiger partial charge in [-0.1, -0.05) is 21.8 Å². The average molecular weight is 113 g/mol. The number of hydrogen-bond acceptors (Lipinski definition) is 1. The Labute approximate surface area is 48.2 Å². The molecule has 8 heavy (non-hydrogen) atoms. The number of nitrogens with zero attached hydrogens (tertiary/aromatic N) is 1. The van der Waals surface area contributed by atoms with Crippen molar-refractivity contribution in [3.63, 3.8) is 0 Å². The van der Waals surface area contributed by atoms with Crippen LogP contribution in [0.1, 0.15) is 6.42 Å². The van der Waals surface area contributed by atoms with Crippen LogP contribution in [0, 0.1) is 0 Å². The Morgan fingerprint density at radius 3 is 2.88 bits per heavy atom. The van der Waals surface area contributed by atoms with Crippen LogP contribution < -0.4 is 0 Å². The zero-order chi connectivity index (χ0) is 6.24. The van der Waals surface area contributed by atoms with Gasteiger partial charge in [-0.15, -0.1) is 6.58 Å². The Balaban J connectivity index is 3.19. The predicted octanol–water partition coefficient (Wildman–Crippen LogP) is 2.07. The first kappa shape index (κ1) is 7.08. The molecule has 44 valence electrons. The summed E-state index contributed by atoms with van der Waals surface area (Å²) in [5, 5.41) is 2.26. The van der Waals surface area contributed by atoms with Gasteiger partial charge in [0.1, 0.15) is 0 Å². The second kappa shape index (κ2) is 6.08. The standard InChI is InChI=1S/C6H8FN/c1-2-3-4-5-6-8-7/h2,4-6H,1,3H2/b5-4-,8-6?. The summed E-state index contributed by atoms with van der Waals surface area (Å²) in [5.74, 6) is 0. The van der Waals surface area contributed by atoms with Crippen molar-refractivity contribution >= 4 is 6.21 Å². The molecule has 0 aromatic heterocycles. The summed E-state index contributed by atoms with van der Waals surface area (Å²) in [5.41, 5.74) is 0. The van der Waals surface area contributed by atoms with Crippen LogP contribution in [-0.2, 0) is 0 Å². The van der Waals surface area contributed by atoms with Crippen molar-refractivity contribution < 1.29 is 4.48 Å². The van der Waals surface area contributed by atoms with Crippen molar-refractivity contribution in [1.29, 1.82) is 0 Å². The van der Waals surface area contributed by atoms with E-state index in [1.165, 1.54) is 6.08 Å². The van der Waals surface area contributed by atoms with E-state index in [1.807, 2.05) is 0 Å². The van der Waals surface area contributed by atoms with Gasteiger partial charge in [0.15, 0.2) is 0 Å². The molecule has 0 spiro atoms. The van der Waals surface area contributed by atoms with Crippen molar-refractivity contribution in [3.8, 4) is 0 Å². The molecule has 0 N–H and O–H groups in total. The lowest BCUT2D eigenvalue weighted by Gasteiger charge is -1.71. The second-order valence-electron chi connectivity index (χ2n) is 1.20. The molecule has 0 heterocycles. The Morgan fingerprint density at radius 1 is 1.62 bits per heavy atom. The summed E-state index contributed by atoms with van der Waals surface area (Å²) in [6, 6.07) is 0. The number of rotatable bonds is 3. The van der Waals surface area contributed by atoms with Crippen molar-refractivity contribution in [3.05, 3.63) is 24.8 Å². The first-order valence-electron chi connectivity index (χ1n) is 2.32. The molecule has 0 aliphatic heterocycles. The molecule has 0 saturated carbocycles.